The number of rotatable bonds is 5. The van der Waals surface area contributed by atoms with Crippen molar-refractivity contribution in [1.29, 1.82) is 0 Å². The minimum Gasteiger partial charge on any atom is -0.497 e. The number of methoxy groups -OCH3 is 1. The Morgan fingerprint density at radius 3 is 2.28 bits per heavy atom. The van der Waals surface area contributed by atoms with Crippen LogP contribution in [0.15, 0.2) is 54.6 Å². The van der Waals surface area contributed by atoms with Crippen LogP contribution in [0.25, 0.3) is 0 Å². The van der Waals surface area contributed by atoms with Crippen molar-refractivity contribution in [1.82, 2.24) is 4.98 Å². The summed E-state index contributed by atoms with van der Waals surface area (Å²) >= 11 is 0.948. The van der Waals surface area contributed by atoms with Crippen LogP contribution in [0, 0.1) is 6.92 Å². The molecule has 0 unspecified atom stereocenters. The third-order valence-corrected chi connectivity index (χ3v) is 4.66. The van der Waals surface area contributed by atoms with Crippen LogP contribution in [0.5, 0.6) is 5.75 Å². The molecular weight excluding hydrogens is 394 g/mol. The van der Waals surface area contributed by atoms with Crippen LogP contribution < -0.4 is 15.8 Å². The van der Waals surface area contributed by atoms with Crippen LogP contribution in [-0.4, -0.2) is 35.0 Å². The van der Waals surface area contributed by atoms with Gasteiger partial charge in [-0.05, 0) is 37.3 Å². The molecule has 3 aromatic rings. The van der Waals surface area contributed by atoms with E-state index in [1.165, 1.54) is 0 Å². The molecule has 1 aromatic heterocycles. The minimum atomic E-state index is -1.04. The number of carbonyl (C=O) groups is 3. The summed E-state index contributed by atoms with van der Waals surface area (Å²) in [5, 5.41) is 11.8. The highest BCUT2D eigenvalue weighted by atomic mass is 32.1. The van der Waals surface area contributed by atoms with Gasteiger partial charge >= 0.3 is 5.97 Å². The molecular formula is C20H19N3O5S. The van der Waals surface area contributed by atoms with E-state index in [2.05, 4.69) is 10.3 Å². The molecule has 0 radical (unpaired) electrons. The standard InChI is InChI=1S/C12H10N2O3S.C8H9NO2/c1-7-9(11(16)17)18-12(13-7)14-10(15)8-5-3-2-4-6-8;1-11-7-4-2-3-6(5-7)8(9)10/h2-6H,1H3,(H,16,17)(H,13,14,15);2-5H,1H3,(H2,9,10). The summed E-state index contributed by atoms with van der Waals surface area (Å²) in [6.07, 6.45) is 0. The number of carboxylic acids is 1. The molecule has 0 atom stereocenters. The first-order valence-electron chi connectivity index (χ1n) is 8.32. The molecule has 0 fully saturated rings. The Balaban J connectivity index is 0.000000234. The van der Waals surface area contributed by atoms with E-state index in [1.54, 1.807) is 62.6 Å². The van der Waals surface area contributed by atoms with Gasteiger partial charge in [0.1, 0.15) is 10.6 Å². The van der Waals surface area contributed by atoms with Crippen LogP contribution in [0.3, 0.4) is 0 Å². The van der Waals surface area contributed by atoms with Gasteiger partial charge in [-0.3, -0.25) is 14.9 Å². The molecule has 4 N–H and O–H groups in total. The minimum absolute atomic E-state index is 0.137. The molecule has 0 aliphatic carbocycles. The van der Waals surface area contributed by atoms with E-state index < -0.39 is 11.9 Å². The Morgan fingerprint density at radius 2 is 1.72 bits per heavy atom. The number of anilines is 1. The topological polar surface area (TPSA) is 132 Å². The molecule has 0 spiro atoms. The van der Waals surface area contributed by atoms with Gasteiger partial charge in [-0.1, -0.05) is 35.6 Å². The number of carbonyl (C=O) groups excluding carboxylic acids is 2. The van der Waals surface area contributed by atoms with Crippen molar-refractivity contribution in [2.75, 3.05) is 12.4 Å². The number of aromatic nitrogens is 1. The number of hydrogen-bond donors (Lipinski definition) is 3. The second-order valence-electron chi connectivity index (χ2n) is 5.66. The van der Waals surface area contributed by atoms with E-state index in [9.17, 15) is 14.4 Å². The summed E-state index contributed by atoms with van der Waals surface area (Å²) in [6.45, 7) is 1.60. The lowest BCUT2D eigenvalue weighted by atomic mass is 10.2. The summed E-state index contributed by atoms with van der Waals surface area (Å²) in [6, 6.07) is 15.4. The molecule has 9 heteroatoms. The molecule has 0 bridgehead atoms. The molecule has 3 rings (SSSR count). The summed E-state index contributed by atoms with van der Waals surface area (Å²) in [5.74, 6) is -1.14. The normalized spacial score (nSPS) is 9.72. The number of hydrogen-bond acceptors (Lipinski definition) is 6. The number of primary amides is 1. The lowest BCUT2D eigenvalue weighted by molar-refractivity contribution is 0.0700. The fourth-order valence-corrected chi connectivity index (χ4v) is 2.98. The van der Waals surface area contributed by atoms with Crippen molar-refractivity contribution in [2.24, 2.45) is 5.73 Å². The maximum atomic E-state index is 11.8. The van der Waals surface area contributed by atoms with E-state index in [-0.39, 0.29) is 10.8 Å². The third-order valence-electron chi connectivity index (χ3n) is 3.60. The number of aromatic carboxylic acids is 1. The van der Waals surface area contributed by atoms with Crippen molar-refractivity contribution >= 4 is 34.3 Å². The molecule has 29 heavy (non-hydrogen) atoms. The lowest BCUT2D eigenvalue weighted by Gasteiger charge is -2.00. The Kier molecular flexibility index (Phi) is 7.44. The van der Waals surface area contributed by atoms with Crippen LogP contribution >= 0.6 is 11.3 Å². The number of nitrogens with two attached hydrogens (primary N) is 1. The molecule has 1 heterocycles. The van der Waals surface area contributed by atoms with Gasteiger partial charge in [0.2, 0.25) is 5.91 Å². The van der Waals surface area contributed by atoms with Gasteiger partial charge in [-0.15, -0.1) is 0 Å². The lowest BCUT2D eigenvalue weighted by Crippen LogP contribution is -2.11. The first kappa shape index (κ1) is 21.6. The van der Waals surface area contributed by atoms with Crippen molar-refractivity contribution in [3.63, 3.8) is 0 Å². The highest BCUT2D eigenvalue weighted by Gasteiger charge is 2.15. The quantitative estimate of drug-likeness (QED) is 0.588. The molecule has 0 saturated carbocycles. The van der Waals surface area contributed by atoms with E-state index in [0.717, 1.165) is 11.3 Å². The summed E-state index contributed by atoms with van der Waals surface area (Å²) in [5.41, 5.74) is 6.41. The molecule has 0 saturated heterocycles. The first-order valence-corrected chi connectivity index (χ1v) is 9.14. The Bertz CT molecular complexity index is 1020. The Morgan fingerprint density at radius 1 is 1.07 bits per heavy atom. The first-order chi connectivity index (χ1) is 13.8. The summed E-state index contributed by atoms with van der Waals surface area (Å²) in [4.78, 5) is 37.4. The van der Waals surface area contributed by atoms with Crippen LogP contribution in [0.1, 0.15) is 36.1 Å². The Labute approximate surface area is 171 Å². The summed E-state index contributed by atoms with van der Waals surface area (Å²) in [7, 11) is 1.54. The maximum absolute atomic E-state index is 11.8. The largest absolute Gasteiger partial charge is 0.497 e. The average molecular weight is 413 g/mol. The van der Waals surface area contributed by atoms with Gasteiger partial charge in [0, 0.05) is 11.1 Å². The molecule has 0 aliphatic rings. The van der Waals surface area contributed by atoms with E-state index in [4.69, 9.17) is 15.6 Å². The smallest absolute Gasteiger partial charge is 0.347 e. The van der Waals surface area contributed by atoms with Gasteiger partial charge in [-0.25, -0.2) is 9.78 Å². The second kappa shape index (κ2) is 10.00. The number of nitrogens with zero attached hydrogens (tertiary/aromatic N) is 1. The van der Waals surface area contributed by atoms with Crippen molar-refractivity contribution in [3.8, 4) is 5.75 Å². The summed E-state index contributed by atoms with van der Waals surface area (Å²) < 4.78 is 4.90. The highest BCUT2D eigenvalue weighted by molar-refractivity contribution is 7.17. The average Bonchev–Trinajstić information content (AvgIpc) is 3.09. The number of ether oxygens (including phenoxy) is 1. The zero-order valence-corrected chi connectivity index (χ0v) is 16.5. The number of aryl methyl sites for hydroxylation is 1. The van der Waals surface area contributed by atoms with Gasteiger partial charge in [0.05, 0.1) is 12.8 Å². The number of amides is 2. The van der Waals surface area contributed by atoms with Crippen molar-refractivity contribution < 1.29 is 24.2 Å². The third kappa shape index (κ3) is 6.15. The molecule has 2 amide bonds. The number of nitrogens with one attached hydrogen (secondary N) is 1. The maximum Gasteiger partial charge on any atom is 0.347 e. The predicted molar refractivity (Wildman–Crippen MR) is 110 cm³/mol. The Hall–Kier alpha value is -3.72. The van der Waals surface area contributed by atoms with Crippen molar-refractivity contribution in [2.45, 2.75) is 6.92 Å². The molecule has 150 valence electrons. The fourth-order valence-electron chi connectivity index (χ4n) is 2.18. The predicted octanol–water partition coefficient (Wildman–Crippen LogP) is 3.20. The fraction of sp³-hybridized carbons (Fsp3) is 0.100. The van der Waals surface area contributed by atoms with Crippen LogP contribution in [-0.2, 0) is 0 Å². The van der Waals surface area contributed by atoms with Gasteiger partial charge in [-0.2, -0.15) is 0 Å². The second-order valence-corrected chi connectivity index (χ2v) is 6.65. The number of carboxylic acid groups (broad SMARTS) is 1. The number of benzene rings is 2. The molecule has 2 aromatic carbocycles. The van der Waals surface area contributed by atoms with Gasteiger partial charge in [0.25, 0.3) is 5.91 Å². The zero-order valence-electron chi connectivity index (χ0n) is 15.7. The zero-order chi connectivity index (χ0) is 21.4. The number of thiazole rings is 1. The monoisotopic (exact) mass is 413 g/mol. The van der Waals surface area contributed by atoms with Gasteiger partial charge in [0.15, 0.2) is 5.13 Å². The van der Waals surface area contributed by atoms with E-state index in [1.807, 2.05) is 6.07 Å². The van der Waals surface area contributed by atoms with Crippen LogP contribution in [0.4, 0.5) is 5.13 Å². The highest BCUT2D eigenvalue weighted by Crippen LogP contribution is 2.22. The van der Waals surface area contributed by atoms with E-state index in [0.29, 0.717) is 27.7 Å². The van der Waals surface area contributed by atoms with Gasteiger partial charge < -0.3 is 15.6 Å². The van der Waals surface area contributed by atoms with E-state index >= 15 is 0 Å². The SMILES string of the molecule is COc1cccc(C(N)=O)c1.Cc1nc(NC(=O)c2ccccc2)sc1C(=O)O. The van der Waals surface area contributed by atoms with Crippen molar-refractivity contribution in [3.05, 3.63) is 76.3 Å². The van der Waals surface area contributed by atoms with Crippen LogP contribution in [0.2, 0.25) is 0 Å². The molecule has 0 aliphatic heterocycles. The molecule has 8 nitrogen and oxygen atoms in total.